The molecule has 0 radical (unpaired) electrons. The minimum Gasteiger partial charge on any atom is -0.496 e. The molecule has 1 aromatic rings. The van der Waals surface area contributed by atoms with Crippen molar-refractivity contribution >= 4 is 21.8 Å². The summed E-state index contributed by atoms with van der Waals surface area (Å²) >= 11 is 3.41. The molecular weight excluding hydrogens is 332 g/mol. The number of methoxy groups -OCH3 is 1. The van der Waals surface area contributed by atoms with Crippen LogP contribution in [0.15, 0.2) is 22.7 Å². The first-order valence-corrected chi connectivity index (χ1v) is 8.20. The summed E-state index contributed by atoms with van der Waals surface area (Å²) in [6.45, 7) is 5.90. The molecule has 5 heteroatoms. The standard InChI is InChI=1S/C16H23BrN2O2/c1-11(2)19(10-13-5-4-8-18-13)16(20)14-7-6-12(17)9-15(14)21-3/h6-7,9,11,13,18H,4-5,8,10H2,1-3H3. The quantitative estimate of drug-likeness (QED) is 0.883. The lowest BCUT2D eigenvalue weighted by Crippen LogP contribution is -2.44. The molecule has 2 rings (SSSR count). The number of nitrogens with one attached hydrogen (secondary N) is 1. The van der Waals surface area contributed by atoms with Crippen molar-refractivity contribution < 1.29 is 9.53 Å². The molecule has 1 fully saturated rings. The molecule has 0 bridgehead atoms. The fraction of sp³-hybridized carbons (Fsp3) is 0.562. The number of amides is 1. The van der Waals surface area contributed by atoms with Crippen LogP contribution in [0.1, 0.15) is 37.0 Å². The van der Waals surface area contributed by atoms with Crippen molar-refractivity contribution in [1.29, 1.82) is 0 Å². The van der Waals surface area contributed by atoms with E-state index in [1.54, 1.807) is 7.11 Å². The topological polar surface area (TPSA) is 41.6 Å². The molecule has 21 heavy (non-hydrogen) atoms. The van der Waals surface area contributed by atoms with Gasteiger partial charge >= 0.3 is 0 Å². The predicted octanol–water partition coefficient (Wildman–Crippen LogP) is 3.06. The van der Waals surface area contributed by atoms with Gasteiger partial charge in [0.15, 0.2) is 0 Å². The Morgan fingerprint density at radius 2 is 2.29 bits per heavy atom. The zero-order chi connectivity index (χ0) is 15.4. The molecule has 1 amide bonds. The summed E-state index contributed by atoms with van der Waals surface area (Å²) in [4.78, 5) is 14.8. The molecule has 1 aromatic carbocycles. The Morgan fingerprint density at radius 3 is 2.86 bits per heavy atom. The molecule has 1 heterocycles. The van der Waals surface area contributed by atoms with Crippen LogP contribution >= 0.6 is 15.9 Å². The van der Waals surface area contributed by atoms with Crippen molar-refractivity contribution in [3.05, 3.63) is 28.2 Å². The molecule has 1 atom stereocenters. The fourth-order valence-electron chi connectivity index (χ4n) is 2.67. The van der Waals surface area contributed by atoms with E-state index in [1.165, 1.54) is 6.42 Å². The van der Waals surface area contributed by atoms with Gasteiger partial charge in [0.1, 0.15) is 5.75 Å². The van der Waals surface area contributed by atoms with E-state index < -0.39 is 0 Å². The Kier molecular flexibility index (Phi) is 5.65. The molecule has 1 N–H and O–H groups in total. The third-order valence-corrected chi connectivity index (χ3v) is 4.35. The van der Waals surface area contributed by atoms with E-state index in [4.69, 9.17) is 4.74 Å². The highest BCUT2D eigenvalue weighted by Gasteiger charge is 2.26. The van der Waals surface area contributed by atoms with Crippen molar-refractivity contribution in [3.63, 3.8) is 0 Å². The van der Waals surface area contributed by atoms with Crippen molar-refractivity contribution in [3.8, 4) is 5.75 Å². The van der Waals surface area contributed by atoms with Gasteiger partial charge in [-0.05, 0) is 51.4 Å². The van der Waals surface area contributed by atoms with Gasteiger partial charge in [-0.2, -0.15) is 0 Å². The summed E-state index contributed by atoms with van der Waals surface area (Å²) in [5, 5.41) is 3.45. The average molecular weight is 355 g/mol. The number of hydrogen-bond acceptors (Lipinski definition) is 3. The van der Waals surface area contributed by atoms with Gasteiger partial charge in [-0.1, -0.05) is 15.9 Å². The lowest BCUT2D eigenvalue weighted by molar-refractivity contribution is 0.0685. The van der Waals surface area contributed by atoms with Gasteiger partial charge in [-0.15, -0.1) is 0 Å². The van der Waals surface area contributed by atoms with Crippen molar-refractivity contribution in [2.24, 2.45) is 0 Å². The summed E-state index contributed by atoms with van der Waals surface area (Å²) in [7, 11) is 1.59. The lowest BCUT2D eigenvalue weighted by atomic mass is 10.1. The lowest BCUT2D eigenvalue weighted by Gasteiger charge is -2.30. The first kappa shape index (κ1) is 16.3. The van der Waals surface area contributed by atoms with Gasteiger partial charge in [-0.25, -0.2) is 0 Å². The van der Waals surface area contributed by atoms with Gasteiger partial charge in [0, 0.05) is 23.1 Å². The molecule has 1 unspecified atom stereocenters. The number of benzene rings is 1. The van der Waals surface area contributed by atoms with E-state index in [2.05, 4.69) is 35.1 Å². The van der Waals surface area contributed by atoms with Crippen LogP contribution in [0.4, 0.5) is 0 Å². The molecule has 0 spiro atoms. The molecule has 1 aliphatic rings. The van der Waals surface area contributed by atoms with Gasteiger partial charge in [0.25, 0.3) is 5.91 Å². The zero-order valence-electron chi connectivity index (χ0n) is 12.9. The Bertz CT molecular complexity index is 499. The first-order chi connectivity index (χ1) is 10.0. The van der Waals surface area contributed by atoms with Crippen LogP contribution < -0.4 is 10.1 Å². The second kappa shape index (κ2) is 7.27. The Labute approximate surface area is 135 Å². The van der Waals surface area contributed by atoms with E-state index in [1.807, 2.05) is 23.1 Å². The molecule has 1 saturated heterocycles. The van der Waals surface area contributed by atoms with Gasteiger partial charge in [-0.3, -0.25) is 4.79 Å². The number of ether oxygens (including phenoxy) is 1. The second-order valence-corrected chi connectivity index (χ2v) is 6.60. The van der Waals surface area contributed by atoms with Crippen LogP contribution in [0.3, 0.4) is 0 Å². The maximum absolute atomic E-state index is 12.9. The number of carbonyl (C=O) groups is 1. The summed E-state index contributed by atoms with van der Waals surface area (Å²) in [5.41, 5.74) is 0.618. The number of hydrogen-bond donors (Lipinski definition) is 1. The summed E-state index contributed by atoms with van der Waals surface area (Å²) < 4.78 is 6.26. The second-order valence-electron chi connectivity index (χ2n) is 5.69. The molecule has 116 valence electrons. The minimum absolute atomic E-state index is 0.0306. The van der Waals surface area contributed by atoms with E-state index >= 15 is 0 Å². The third-order valence-electron chi connectivity index (χ3n) is 3.86. The highest BCUT2D eigenvalue weighted by Crippen LogP contribution is 2.25. The van der Waals surface area contributed by atoms with Gasteiger partial charge in [0.2, 0.25) is 0 Å². The highest BCUT2D eigenvalue weighted by atomic mass is 79.9. The molecular formula is C16H23BrN2O2. The van der Waals surface area contributed by atoms with Crippen molar-refractivity contribution in [1.82, 2.24) is 10.2 Å². The first-order valence-electron chi connectivity index (χ1n) is 7.40. The van der Waals surface area contributed by atoms with Crippen molar-refractivity contribution in [2.45, 2.75) is 38.8 Å². The number of rotatable bonds is 5. The maximum Gasteiger partial charge on any atom is 0.257 e. The normalized spacial score (nSPS) is 18.0. The number of nitrogens with zero attached hydrogens (tertiary/aromatic N) is 1. The molecule has 0 aliphatic carbocycles. The predicted molar refractivity (Wildman–Crippen MR) is 87.9 cm³/mol. The van der Waals surface area contributed by atoms with Crippen LogP contribution in [0, 0.1) is 0 Å². The van der Waals surface area contributed by atoms with E-state index in [9.17, 15) is 4.79 Å². The average Bonchev–Trinajstić information content (AvgIpc) is 2.96. The Hall–Kier alpha value is -1.07. The van der Waals surface area contributed by atoms with Crippen LogP contribution in [0.2, 0.25) is 0 Å². The van der Waals surface area contributed by atoms with Gasteiger partial charge in [0.05, 0.1) is 12.7 Å². The highest BCUT2D eigenvalue weighted by molar-refractivity contribution is 9.10. The molecule has 0 aromatic heterocycles. The largest absolute Gasteiger partial charge is 0.496 e. The summed E-state index contributed by atoms with van der Waals surface area (Å²) in [6.07, 6.45) is 2.32. The summed E-state index contributed by atoms with van der Waals surface area (Å²) in [6, 6.07) is 6.09. The smallest absolute Gasteiger partial charge is 0.257 e. The molecule has 0 saturated carbocycles. The zero-order valence-corrected chi connectivity index (χ0v) is 14.4. The van der Waals surface area contributed by atoms with Gasteiger partial charge < -0.3 is 15.0 Å². The van der Waals surface area contributed by atoms with Crippen LogP contribution in [0.5, 0.6) is 5.75 Å². The summed E-state index contributed by atoms with van der Waals surface area (Å²) in [5.74, 6) is 0.641. The third kappa shape index (κ3) is 3.98. The number of carbonyl (C=O) groups excluding carboxylic acids is 1. The Balaban J connectivity index is 2.21. The van der Waals surface area contributed by atoms with Crippen LogP contribution in [0.25, 0.3) is 0 Å². The molecule has 4 nitrogen and oxygen atoms in total. The SMILES string of the molecule is COc1cc(Br)ccc1C(=O)N(CC1CCCN1)C(C)C. The van der Waals surface area contributed by atoms with Crippen LogP contribution in [-0.2, 0) is 0 Å². The van der Waals surface area contributed by atoms with E-state index in [0.717, 1.165) is 24.0 Å². The molecule has 1 aliphatic heterocycles. The maximum atomic E-state index is 12.9. The fourth-order valence-corrected chi connectivity index (χ4v) is 3.01. The monoisotopic (exact) mass is 354 g/mol. The van der Waals surface area contributed by atoms with E-state index in [0.29, 0.717) is 17.4 Å². The van der Waals surface area contributed by atoms with Crippen LogP contribution in [-0.4, -0.2) is 43.1 Å². The minimum atomic E-state index is 0.0306. The van der Waals surface area contributed by atoms with Crippen molar-refractivity contribution in [2.75, 3.05) is 20.2 Å². The van der Waals surface area contributed by atoms with E-state index in [-0.39, 0.29) is 11.9 Å². The number of halogens is 1. The Morgan fingerprint density at radius 1 is 1.52 bits per heavy atom.